The van der Waals surface area contributed by atoms with Crippen molar-refractivity contribution in [3.63, 3.8) is 0 Å². The Kier molecular flexibility index (Phi) is 5.75. The monoisotopic (exact) mass is 360 g/mol. The molecule has 1 aromatic carbocycles. The molecule has 0 aliphatic carbocycles. The molecule has 1 aliphatic heterocycles. The van der Waals surface area contributed by atoms with E-state index in [4.69, 9.17) is 4.74 Å². The first-order valence-electron chi connectivity index (χ1n) is 8.56. The molecule has 1 N–H and O–H groups in total. The zero-order chi connectivity index (χ0) is 17.8. The van der Waals surface area contributed by atoms with Crippen LogP contribution in [0.25, 0.3) is 5.69 Å². The second kappa shape index (κ2) is 8.01. The predicted octanol–water partition coefficient (Wildman–Crippen LogP) is 2.66. The Morgan fingerprint density at radius 1 is 1.44 bits per heavy atom. The van der Waals surface area contributed by atoms with Crippen LogP contribution in [0.5, 0.6) is 0 Å². The molecule has 0 radical (unpaired) electrons. The van der Waals surface area contributed by atoms with Crippen molar-refractivity contribution >= 4 is 17.7 Å². The summed E-state index contributed by atoms with van der Waals surface area (Å²) in [5, 5.41) is 11.9. The highest BCUT2D eigenvalue weighted by Gasteiger charge is 2.23. The summed E-state index contributed by atoms with van der Waals surface area (Å²) >= 11 is 1.39. The van der Waals surface area contributed by atoms with Gasteiger partial charge in [-0.25, -0.2) is 0 Å². The van der Waals surface area contributed by atoms with Crippen LogP contribution in [0.1, 0.15) is 30.9 Å². The Labute approximate surface area is 152 Å². The van der Waals surface area contributed by atoms with Gasteiger partial charge in [0.2, 0.25) is 5.91 Å². The van der Waals surface area contributed by atoms with Gasteiger partial charge in [-0.3, -0.25) is 9.36 Å². The van der Waals surface area contributed by atoms with Gasteiger partial charge >= 0.3 is 0 Å². The van der Waals surface area contributed by atoms with Gasteiger partial charge in [-0.15, -0.1) is 10.2 Å². The molecule has 0 saturated carbocycles. The fraction of sp³-hybridized carbons (Fsp3) is 0.500. The lowest BCUT2D eigenvalue weighted by Gasteiger charge is -2.19. The van der Waals surface area contributed by atoms with Crippen molar-refractivity contribution in [2.75, 3.05) is 12.4 Å². The number of hydrogen-bond acceptors (Lipinski definition) is 5. The maximum Gasteiger partial charge on any atom is 0.230 e. The largest absolute Gasteiger partial charge is 0.376 e. The zero-order valence-electron chi connectivity index (χ0n) is 14.9. The summed E-state index contributed by atoms with van der Waals surface area (Å²) in [5.74, 6) is 0.295. The topological polar surface area (TPSA) is 69.0 Å². The summed E-state index contributed by atoms with van der Waals surface area (Å²) in [6, 6.07) is 6.25. The molecule has 2 atom stereocenters. The van der Waals surface area contributed by atoms with Gasteiger partial charge < -0.3 is 10.1 Å². The molecule has 7 heteroatoms. The Bertz CT molecular complexity index is 740. The van der Waals surface area contributed by atoms with E-state index in [1.54, 1.807) is 6.33 Å². The number of rotatable bonds is 6. The number of carbonyl (C=O) groups is 1. The van der Waals surface area contributed by atoms with E-state index >= 15 is 0 Å². The summed E-state index contributed by atoms with van der Waals surface area (Å²) in [6.45, 7) is 6.95. The average molecular weight is 360 g/mol. The van der Waals surface area contributed by atoms with E-state index in [-0.39, 0.29) is 18.1 Å². The van der Waals surface area contributed by atoms with Crippen LogP contribution in [0.15, 0.2) is 29.7 Å². The van der Waals surface area contributed by atoms with E-state index < -0.39 is 0 Å². The van der Waals surface area contributed by atoms with E-state index in [9.17, 15) is 4.79 Å². The third-order valence-electron chi connectivity index (χ3n) is 4.53. The van der Waals surface area contributed by atoms with E-state index in [0.29, 0.717) is 10.9 Å². The van der Waals surface area contributed by atoms with Crippen molar-refractivity contribution in [3.05, 3.63) is 35.7 Å². The molecule has 1 aliphatic rings. The molecule has 0 spiro atoms. The molecule has 3 rings (SSSR count). The van der Waals surface area contributed by atoms with E-state index in [2.05, 4.69) is 41.5 Å². The fourth-order valence-corrected chi connectivity index (χ4v) is 3.63. The number of hydrogen-bond donors (Lipinski definition) is 1. The number of aromatic nitrogens is 3. The van der Waals surface area contributed by atoms with Crippen molar-refractivity contribution in [1.29, 1.82) is 0 Å². The smallest absolute Gasteiger partial charge is 0.230 e. The second-order valence-electron chi connectivity index (χ2n) is 6.45. The molecule has 25 heavy (non-hydrogen) atoms. The molecule has 1 fully saturated rings. The first-order chi connectivity index (χ1) is 12.0. The quantitative estimate of drug-likeness (QED) is 0.802. The normalized spacial score (nSPS) is 18.3. The number of thioether (sulfide) groups is 1. The number of aryl methyl sites for hydroxylation is 2. The molecule has 1 saturated heterocycles. The third-order valence-corrected chi connectivity index (χ3v) is 5.47. The standard InChI is InChI=1S/C18H24N4O2S/c1-12-6-7-15(9-13(12)2)22-11-19-21-18(22)25-10-17(23)20-14(3)16-5-4-8-24-16/h6-7,9,11,14,16H,4-5,8,10H2,1-3H3,(H,20,23). The van der Waals surface area contributed by atoms with Gasteiger partial charge in [0.05, 0.1) is 17.9 Å². The van der Waals surface area contributed by atoms with Crippen LogP contribution in [0.2, 0.25) is 0 Å². The van der Waals surface area contributed by atoms with Gasteiger partial charge in [-0.2, -0.15) is 0 Å². The van der Waals surface area contributed by atoms with Crippen molar-refractivity contribution in [1.82, 2.24) is 20.1 Å². The van der Waals surface area contributed by atoms with E-state index in [1.165, 1.54) is 22.9 Å². The molecule has 2 aromatic rings. The summed E-state index contributed by atoms with van der Waals surface area (Å²) < 4.78 is 7.53. The Balaban J connectivity index is 1.59. The molecular weight excluding hydrogens is 336 g/mol. The van der Waals surface area contributed by atoms with Crippen LogP contribution in [-0.2, 0) is 9.53 Å². The van der Waals surface area contributed by atoms with Gasteiger partial charge in [-0.05, 0) is 56.9 Å². The van der Waals surface area contributed by atoms with Gasteiger partial charge in [0.15, 0.2) is 5.16 Å². The number of ether oxygens (including phenoxy) is 1. The van der Waals surface area contributed by atoms with Crippen LogP contribution in [0.4, 0.5) is 0 Å². The highest BCUT2D eigenvalue weighted by molar-refractivity contribution is 7.99. The SMILES string of the molecule is Cc1ccc(-n2cnnc2SCC(=O)NC(C)C2CCCO2)cc1C. The van der Waals surface area contributed by atoms with Gasteiger partial charge in [0.25, 0.3) is 0 Å². The zero-order valence-corrected chi connectivity index (χ0v) is 15.7. The highest BCUT2D eigenvalue weighted by Crippen LogP contribution is 2.21. The molecule has 6 nitrogen and oxygen atoms in total. The van der Waals surface area contributed by atoms with Gasteiger partial charge in [-0.1, -0.05) is 17.8 Å². The van der Waals surface area contributed by atoms with Crippen molar-refractivity contribution in [3.8, 4) is 5.69 Å². The molecule has 2 heterocycles. The Morgan fingerprint density at radius 2 is 2.28 bits per heavy atom. The van der Waals surface area contributed by atoms with Crippen molar-refractivity contribution in [2.24, 2.45) is 0 Å². The van der Waals surface area contributed by atoms with Crippen LogP contribution >= 0.6 is 11.8 Å². The molecule has 1 aromatic heterocycles. The lowest BCUT2D eigenvalue weighted by molar-refractivity contribution is -0.120. The number of amides is 1. The average Bonchev–Trinajstić information content (AvgIpc) is 3.27. The minimum Gasteiger partial charge on any atom is -0.376 e. The maximum atomic E-state index is 12.2. The fourth-order valence-electron chi connectivity index (χ4n) is 2.89. The van der Waals surface area contributed by atoms with E-state index in [0.717, 1.165) is 25.1 Å². The third kappa shape index (κ3) is 4.41. The van der Waals surface area contributed by atoms with E-state index in [1.807, 2.05) is 17.6 Å². The van der Waals surface area contributed by atoms with Gasteiger partial charge in [0, 0.05) is 12.3 Å². The number of nitrogens with one attached hydrogen (secondary N) is 1. The first kappa shape index (κ1) is 17.9. The molecule has 1 amide bonds. The van der Waals surface area contributed by atoms with Crippen LogP contribution in [0, 0.1) is 13.8 Å². The second-order valence-corrected chi connectivity index (χ2v) is 7.39. The molecule has 0 bridgehead atoms. The minimum atomic E-state index is -0.0114. The Hall–Kier alpha value is -1.86. The van der Waals surface area contributed by atoms with Crippen LogP contribution in [-0.4, -0.2) is 45.2 Å². The minimum absolute atomic E-state index is 0.0114. The molecular formula is C18H24N4O2S. The van der Waals surface area contributed by atoms with Crippen molar-refractivity contribution in [2.45, 2.75) is 50.9 Å². The summed E-state index contributed by atoms with van der Waals surface area (Å²) in [7, 11) is 0. The van der Waals surface area contributed by atoms with Crippen LogP contribution < -0.4 is 5.32 Å². The van der Waals surface area contributed by atoms with Crippen molar-refractivity contribution < 1.29 is 9.53 Å². The number of benzene rings is 1. The maximum absolute atomic E-state index is 12.2. The lowest BCUT2D eigenvalue weighted by atomic mass is 10.1. The summed E-state index contributed by atoms with van der Waals surface area (Å²) in [5.41, 5.74) is 3.46. The van der Waals surface area contributed by atoms with Crippen LogP contribution in [0.3, 0.4) is 0 Å². The molecule has 134 valence electrons. The Morgan fingerprint density at radius 3 is 3.00 bits per heavy atom. The number of nitrogens with zero attached hydrogens (tertiary/aromatic N) is 3. The molecule has 2 unspecified atom stereocenters. The summed E-state index contributed by atoms with van der Waals surface area (Å²) in [6.07, 6.45) is 3.89. The van der Waals surface area contributed by atoms with Gasteiger partial charge in [0.1, 0.15) is 6.33 Å². The first-order valence-corrected chi connectivity index (χ1v) is 9.54. The predicted molar refractivity (Wildman–Crippen MR) is 98.1 cm³/mol. The highest BCUT2D eigenvalue weighted by atomic mass is 32.2. The lowest BCUT2D eigenvalue weighted by Crippen LogP contribution is -2.41. The number of carbonyl (C=O) groups excluding carboxylic acids is 1. The summed E-state index contributed by atoms with van der Waals surface area (Å²) in [4.78, 5) is 12.2.